The molecule has 0 aliphatic heterocycles. The molecule has 4 nitrogen and oxygen atoms in total. The average molecular weight is 277 g/mol. The van der Waals surface area contributed by atoms with Gasteiger partial charge >= 0.3 is 0 Å². The first-order chi connectivity index (χ1) is 9.76. The van der Waals surface area contributed by atoms with Crippen molar-refractivity contribution in [1.82, 2.24) is 0 Å². The van der Waals surface area contributed by atoms with Gasteiger partial charge in [-0.15, -0.1) is 0 Å². The maximum atomic E-state index is 5.41. The Hall–Kier alpha value is -1.58. The fraction of sp³-hybridized carbons (Fsp3) is 0.625. The van der Waals surface area contributed by atoms with E-state index in [9.17, 15) is 0 Å². The Morgan fingerprint density at radius 3 is 1.75 bits per heavy atom. The molecule has 1 aromatic rings. The maximum Gasteiger partial charge on any atom is 0.203 e. The van der Waals surface area contributed by atoms with Crippen LogP contribution in [0.1, 0.15) is 25.7 Å². The first kappa shape index (κ1) is 13.4. The summed E-state index contributed by atoms with van der Waals surface area (Å²) in [7, 11) is 4.94. The second-order valence-electron chi connectivity index (χ2n) is 5.76. The highest BCUT2D eigenvalue weighted by molar-refractivity contribution is 5.63. The summed E-state index contributed by atoms with van der Waals surface area (Å²) < 4.78 is 16.2. The third-order valence-electron chi connectivity index (χ3n) is 4.26. The normalized spacial score (nSPS) is 18.0. The Labute approximate surface area is 120 Å². The second kappa shape index (κ2) is 5.43. The number of rotatable bonds is 7. The van der Waals surface area contributed by atoms with Gasteiger partial charge < -0.3 is 19.5 Å². The van der Waals surface area contributed by atoms with Gasteiger partial charge in [-0.2, -0.15) is 0 Å². The zero-order valence-corrected chi connectivity index (χ0v) is 12.4. The molecule has 0 amide bonds. The van der Waals surface area contributed by atoms with Crippen LogP contribution in [-0.4, -0.2) is 27.4 Å². The van der Waals surface area contributed by atoms with E-state index >= 15 is 0 Å². The summed E-state index contributed by atoms with van der Waals surface area (Å²) >= 11 is 0. The largest absolute Gasteiger partial charge is 0.493 e. The van der Waals surface area contributed by atoms with Crippen LogP contribution < -0.4 is 19.5 Å². The SMILES string of the molecule is COc1cc(NC(C2CC2)C2CC2)cc(OC)c1OC. The number of nitrogens with one attached hydrogen (secondary N) is 1. The summed E-state index contributed by atoms with van der Waals surface area (Å²) in [6.45, 7) is 0. The molecule has 110 valence electrons. The lowest BCUT2D eigenvalue weighted by atomic mass is 10.1. The lowest BCUT2D eigenvalue weighted by molar-refractivity contribution is 0.324. The van der Waals surface area contributed by atoms with Crippen molar-refractivity contribution >= 4 is 5.69 Å². The van der Waals surface area contributed by atoms with E-state index in [0.717, 1.165) is 17.5 Å². The minimum Gasteiger partial charge on any atom is -0.493 e. The van der Waals surface area contributed by atoms with Crippen LogP contribution in [-0.2, 0) is 0 Å². The van der Waals surface area contributed by atoms with Crippen LogP contribution in [0.5, 0.6) is 17.2 Å². The van der Waals surface area contributed by atoms with E-state index in [1.807, 2.05) is 12.1 Å². The van der Waals surface area contributed by atoms with E-state index in [1.165, 1.54) is 25.7 Å². The summed E-state index contributed by atoms with van der Waals surface area (Å²) in [5.41, 5.74) is 1.06. The van der Waals surface area contributed by atoms with Crippen LogP contribution in [0.25, 0.3) is 0 Å². The van der Waals surface area contributed by atoms with E-state index in [4.69, 9.17) is 14.2 Å². The third-order valence-corrected chi connectivity index (χ3v) is 4.26. The van der Waals surface area contributed by atoms with Crippen molar-refractivity contribution in [2.24, 2.45) is 11.8 Å². The molecule has 0 radical (unpaired) electrons. The van der Waals surface area contributed by atoms with Gasteiger partial charge in [0, 0.05) is 23.9 Å². The first-order valence-corrected chi connectivity index (χ1v) is 7.33. The van der Waals surface area contributed by atoms with Crippen molar-refractivity contribution in [3.05, 3.63) is 12.1 Å². The van der Waals surface area contributed by atoms with Gasteiger partial charge in [0.25, 0.3) is 0 Å². The maximum absolute atomic E-state index is 5.41. The fourth-order valence-corrected chi connectivity index (χ4v) is 2.89. The van der Waals surface area contributed by atoms with E-state index in [0.29, 0.717) is 23.3 Å². The van der Waals surface area contributed by atoms with E-state index in [2.05, 4.69) is 5.32 Å². The minimum atomic E-state index is 0.609. The first-order valence-electron chi connectivity index (χ1n) is 7.33. The molecular formula is C16H23NO3. The van der Waals surface area contributed by atoms with Crippen LogP contribution in [0.15, 0.2) is 12.1 Å². The van der Waals surface area contributed by atoms with Crippen LogP contribution in [0, 0.1) is 11.8 Å². The predicted molar refractivity (Wildman–Crippen MR) is 79.0 cm³/mol. The molecule has 3 rings (SSSR count). The van der Waals surface area contributed by atoms with Crippen molar-refractivity contribution in [1.29, 1.82) is 0 Å². The summed E-state index contributed by atoms with van der Waals surface area (Å²) in [5.74, 6) is 3.76. The molecule has 0 spiro atoms. The summed E-state index contributed by atoms with van der Waals surface area (Å²) in [4.78, 5) is 0. The zero-order chi connectivity index (χ0) is 14.1. The van der Waals surface area contributed by atoms with Gasteiger partial charge in [0.05, 0.1) is 21.3 Å². The summed E-state index contributed by atoms with van der Waals surface area (Å²) in [6.07, 6.45) is 5.44. The number of ether oxygens (including phenoxy) is 3. The van der Waals surface area contributed by atoms with Crippen LogP contribution in [0.3, 0.4) is 0 Å². The lowest BCUT2D eigenvalue weighted by Gasteiger charge is -2.21. The number of hydrogen-bond acceptors (Lipinski definition) is 4. The highest BCUT2D eigenvalue weighted by Crippen LogP contribution is 2.47. The number of methoxy groups -OCH3 is 3. The van der Waals surface area contributed by atoms with Gasteiger partial charge in [-0.3, -0.25) is 0 Å². The standard InChI is InChI=1S/C16H23NO3/c1-18-13-8-12(9-14(19-2)16(13)20-3)17-15(10-4-5-10)11-6-7-11/h8-11,15,17H,4-7H2,1-3H3. The van der Waals surface area contributed by atoms with Crippen molar-refractivity contribution in [3.63, 3.8) is 0 Å². The second-order valence-corrected chi connectivity index (χ2v) is 5.76. The highest BCUT2D eigenvalue weighted by Gasteiger charge is 2.41. The minimum absolute atomic E-state index is 0.609. The van der Waals surface area contributed by atoms with Crippen LogP contribution >= 0.6 is 0 Å². The van der Waals surface area contributed by atoms with Gasteiger partial charge in [0.15, 0.2) is 11.5 Å². The topological polar surface area (TPSA) is 39.7 Å². The van der Waals surface area contributed by atoms with E-state index < -0.39 is 0 Å². The predicted octanol–water partition coefficient (Wildman–Crippen LogP) is 3.31. The molecule has 0 bridgehead atoms. The smallest absolute Gasteiger partial charge is 0.203 e. The van der Waals surface area contributed by atoms with Gasteiger partial charge in [0.2, 0.25) is 5.75 Å². The van der Waals surface area contributed by atoms with Crippen molar-refractivity contribution in [2.75, 3.05) is 26.6 Å². The Balaban J connectivity index is 1.84. The van der Waals surface area contributed by atoms with E-state index in [-0.39, 0.29) is 0 Å². The molecule has 0 unspecified atom stereocenters. The molecule has 0 heterocycles. The third kappa shape index (κ3) is 2.65. The van der Waals surface area contributed by atoms with Crippen LogP contribution in [0.2, 0.25) is 0 Å². The molecule has 2 aliphatic carbocycles. The summed E-state index contributed by atoms with van der Waals surface area (Å²) in [5, 5.41) is 3.69. The van der Waals surface area contributed by atoms with Crippen LogP contribution in [0.4, 0.5) is 5.69 Å². The number of anilines is 1. The molecular weight excluding hydrogens is 254 g/mol. The molecule has 1 aromatic carbocycles. The van der Waals surface area contributed by atoms with Crippen molar-refractivity contribution in [3.8, 4) is 17.2 Å². The molecule has 2 aliphatic rings. The molecule has 1 N–H and O–H groups in total. The van der Waals surface area contributed by atoms with E-state index in [1.54, 1.807) is 21.3 Å². The van der Waals surface area contributed by atoms with Gasteiger partial charge in [-0.1, -0.05) is 0 Å². The molecule has 0 aromatic heterocycles. The van der Waals surface area contributed by atoms with Gasteiger partial charge in [-0.05, 0) is 37.5 Å². The molecule has 4 heteroatoms. The summed E-state index contributed by atoms with van der Waals surface area (Å²) in [6, 6.07) is 4.61. The monoisotopic (exact) mass is 277 g/mol. The Morgan fingerprint density at radius 2 is 1.40 bits per heavy atom. The average Bonchev–Trinajstić information content (AvgIpc) is 3.36. The van der Waals surface area contributed by atoms with Gasteiger partial charge in [0.1, 0.15) is 0 Å². The Morgan fingerprint density at radius 1 is 0.900 bits per heavy atom. The Kier molecular flexibility index (Phi) is 3.64. The fourth-order valence-electron chi connectivity index (χ4n) is 2.89. The molecule has 0 atom stereocenters. The van der Waals surface area contributed by atoms with Crippen molar-refractivity contribution < 1.29 is 14.2 Å². The quantitative estimate of drug-likeness (QED) is 0.830. The zero-order valence-electron chi connectivity index (χ0n) is 12.4. The molecule has 0 saturated heterocycles. The molecule has 2 saturated carbocycles. The number of hydrogen-bond donors (Lipinski definition) is 1. The van der Waals surface area contributed by atoms with Gasteiger partial charge in [-0.25, -0.2) is 0 Å². The number of benzene rings is 1. The highest BCUT2D eigenvalue weighted by atomic mass is 16.5. The van der Waals surface area contributed by atoms with Crippen molar-refractivity contribution in [2.45, 2.75) is 31.7 Å². The molecule has 2 fully saturated rings. The molecule has 20 heavy (non-hydrogen) atoms. The Bertz CT molecular complexity index is 444. The lowest BCUT2D eigenvalue weighted by Crippen LogP contribution is -2.24.